The summed E-state index contributed by atoms with van der Waals surface area (Å²) in [5, 5.41) is 0. The zero-order valence-corrected chi connectivity index (χ0v) is 14.9. The van der Waals surface area contributed by atoms with E-state index in [4.69, 9.17) is 18.9 Å². The van der Waals surface area contributed by atoms with Gasteiger partial charge in [-0.1, -0.05) is 0 Å². The van der Waals surface area contributed by atoms with E-state index in [1.165, 1.54) is 6.08 Å². The number of carbonyl (C=O) groups is 2. The highest BCUT2D eigenvalue weighted by Crippen LogP contribution is 2.23. The second-order valence-electron chi connectivity index (χ2n) is 5.24. The number of rotatable bonds is 8. The molecule has 2 aromatic rings. The Morgan fingerprint density at radius 2 is 1.42 bits per heavy atom. The Hall–Kier alpha value is -3.28. The topological polar surface area (TPSA) is 71.1 Å². The molecule has 136 valence electrons. The van der Waals surface area contributed by atoms with Crippen molar-refractivity contribution < 1.29 is 28.5 Å². The molecule has 6 heteroatoms. The van der Waals surface area contributed by atoms with Gasteiger partial charge in [-0.2, -0.15) is 0 Å². The first kappa shape index (κ1) is 19.1. The van der Waals surface area contributed by atoms with Crippen LogP contribution < -0.4 is 14.2 Å². The van der Waals surface area contributed by atoms with Crippen LogP contribution in [0.25, 0.3) is 6.08 Å². The van der Waals surface area contributed by atoms with Gasteiger partial charge in [-0.3, -0.25) is 4.79 Å². The molecule has 6 nitrogen and oxygen atoms in total. The number of ether oxygens (including phenoxy) is 4. The van der Waals surface area contributed by atoms with Gasteiger partial charge in [-0.25, -0.2) is 4.79 Å². The normalized spacial score (nSPS) is 10.4. The maximum atomic E-state index is 12.0. The van der Waals surface area contributed by atoms with E-state index in [1.807, 2.05) is 0 Å². The summed E-state index contributed by atoms with van der Waals surface area (Å²) in [7, 11) is 4.63. The van der Waals surface area contributed by atoms with Gasteiger partial charge in [0.2, 0.25) is 0 Å². The van der Waals surface area contributed by atoms with Crippen LogP contribution in [0.2, 0.25) is 0 Å². The predicted octanol–water partition coefficient (Wildman–Crippen LogP) is 3.15. The van der Waals surface area contributed by atoms with Crippen LogP contribution in [0.1, 0.15) is 15.9 Å². The van der Waals surface area contributed by atoms with Gasteiger partial charge in [0.25, 0.3) is 0 Å². The van der Waals surface area contributed by atoms with Crippen molar-refractivity contribution in [1.29, 1.82) is 0 Å². The standard InChI is InChI=1S/C20H20O6/c1-23-16-7-5-15(6-8-16)19(21)13-26-20(22)9-4-14-10-17(24-2)12-18(11-14)25-3/h4-12H,13H2,1-3H3/b9-4+. The fourth-order valence-electron chi connectivity index (χ4n) is 2.13. The molecule has 0 amide bonds. The van der Waals surface area contributed by atoms with Gasteiger partial charge in [-0.05, 0) is 48.0 Å². The van der Waals surface area contributed by atoms with Crippen molar-refractivity contribution in [3.63, 3.8) is 0 Å². The van der Waals surface area contributed by atoms with Gasteiger partial charge in [0.1, 0.15) is 17.2 Å². The number of hydrogen-bond donors (Lipinski definition) is 0. The minimum Gasteiger partial charge on any atom is -0.497 e. The summed E-state index contributed by atoms with van der Waals surface area (Å²) in [6.45, 7) is -0.336. The molecular formula is C20H20O6. The first-order valence-corrected chi connectivity index (χ1v) is 7.81. The summed E-state index contributed by atoms with van der Waals surface area (Å²) in [4.78, 5) is 23.8. The Kier molecular flexibility index (Phi) is 6.79. The summed E-state index contributed by atoms with van der Waals surface area (Å²) in [5.41, 5.74) is 1.15. The highest BCUT2D eigenvalue weighted by molar-refractivity contribution is 5.99. The van der Waals surface area contributed by atoms with Gasteiger partial charge in [0.05, 0.1) is 21.3 Å². The first-order valence-electron chi connectivity index (χ1n) is 7.81. The van der Waals surface area contributed by atoms with Crippen molar-refractivity contribution in [3.8, 4) is 17.2 Å². The lowest BCUT2D eigenvalue weighted by Gasteiger charge is -2.06. The highest BCUT2D eigenvalue weighted by atomic mass is 16.5. The SMILES string of the molecule is COc1ccc(C(=O)COC(=O)/C=C/c2cc(OC)cc(OC)c2)cc1. The molecule has 0 atom stereocenters. The zero-order valence-electron chi connectivity index (χ0n) is 14.9. The maximum Gasteiger partial charge on any atom is 0.331 e. The summed E-state index contributed by atoms with van der Waals surface area (Å²) in [5.74, 6) is 0.945. The van der Waals surface area contributed by atoms with Crippen LogP contribution in [-0.4, -0.2) is 39.7 Å². The Morgan fingerprint density at radius 3 is 1.96 bits per heavy atom. The number of hydrogen-bond acceptors (Lipinski definition) is 6. The average Bonchev–Trinajstić information content (AvgIpc) is 2.70. The second kappa shape index (κ2) is 9.27. The van der Waals surface area contributed by atoms with Crippen LogP contribution in [0.3, 0.4) is 0 Å². The summed E-state index contributed by atoms with van der Waals surface area (Å²) in [6, 6.07) is 11.8. The van der Waals surface area contributed by atoms with Crippen molar-refractivity contribution in [1.82, 2.24) is 0 Å². The molecule has 2 rings (SSSR count). The summed E-state index contributed by atoms with van der Waals surface area (Å²) < 4.78 is 20.3. The lowest BCUT2D eigenvalue weighted by molar-refractivity contribution is -0.136. The molecule has 0 heterocycles. The molecule has 0 saturated heterocycles. The van der Waals surface area contributed by atoms with Crippen LogP contribution in [0.15, 0.2) is 48.5 Å². The second-order valence-corrected chi connectivity index (χ2v) is 5.24. The number of esters is 1. The number of benzene rings is 2. The summed E-state index contributed by atoms with van der Waals surface area (Å²) in [6.07, 6.45) is 2.81. The van der Waals surface area contributed by atoms with Crippen LogP contribution in [-0.2, 0) is 9.53 Å². The Labute approximate surface area is 151 Å². The van der Waals surface area contributed by atoms with Gasteiger partial charge in [-0.15, -0.1) is 0 Å². The molecule has 0 aliphatic rings. The van der Waals surface area contributed by atoms with Crippen LogP contribution >= 0.6 is 0 Å². The van der Waals surface area contributed by atoms with Gasteiger partial charge >= 0.3 is 5.97 Å². The average molecular weight is 356 g/mol. The molecule has 0 radical (unpaired) electrons. The zero-order chi connectivity index (χ0) is 18.9. The third kappa shape index (κ3) is 5.37. The van der Waals surface area contributed by atoms with E-state index in [9.17, 15) is 9.59 Å². The number of ketones is 1. The van der Waals surface area contributed by atoms with E-state index in [1.54, 1.807) is 69.9 Å². The van der Waals surface area contributed by atoms with E-state index < -0.39 is 5.97 Å². The summed E-state index contributed by atoms with van der Waals surface area (Å²) >= 11 is 0. The minimum absolute atomic E-state index is 0.294. The third-order valence-corrected chi connectivity index (χ3v) is 3.54. The number of carbonyl (C=O) groups excluding carboxylic acids is 2. The fourth-order valence-corrected chi connectivity index (χ4v) is 2.13. The molecular weight excluding hydrogens is 336 g/mol. The molecule has 0 saturated carbocycles. The third-order valence-electron chi connectivity index (χ3n) is 3.54. The molecule has 26 heavy (non-hydrogen) atoms. The van der Waals surface area contributed by atoms with Crippen LogP contribution in [0.5, 0.6) is 17.2 Å². The first-order chi connectivity index (χ1) is 12.5. The molecule has 0 unspecified atom stereocenters. The van der Waals surface area contributed by atoms with Crippen molar-refractivity contribution in [2.45, 2.75) is 0 Å². The Bertz CT molecular complexity index is 770. The number of methoxy groups -OCH3 is 3. The van der Waals surface area contributed by atoms with Gasteiger partial charge in [0, 0.05) is 17.7 Å². The molecule has 0 bridgehead atoms. The van der Waals surface area contributed by atoms with Crippen molar-refractivity contribution in [2.75, 3.05) is 27.9 Å². The maximum absolute atomic E-state index is 12.0. The van der Waals surface area contributed by atoms with Crippen molar-refractivity contribution >= 4 is 17.8 Å². The molecule has 0 N–H and O–H groups in total. The van der Waals surface area contributed by atoms with E-state index in [-0.39, 0.29) is 12.4 Å². The van der Waals surface area contributed by atoms with E-state index in [2.05, 4.69) is 0 Å². The van der Waals surface area contributed by atoms with Gasteiger partial charge in [0.15, 0.2) is 12.4 Å². The molecule has 0 aliphatic heterocycles. The molecule has 0 aromatic heterocycles. The van der Waals surface area contributed by atoms with Crippen molar-refractivity contribution in [2.24, 2.45) is 0 Å². The number of Topliss-reactive ketones (excluding diaryl/α,β-unsaturated/α-hetero) is 1. The largest absolute Gasteiger partial charge is 0.497 e. The quantitative estimate of drug-likeness (QED) is 0.411. The fraction of sp³-hybridized carbons (Fsp3) is 0.200. The van der Waals surface area contributed by atoms with Crippen molar-refractivity contribution in [3.05, 3.63) is 59.7 Å². The van der Waals surface area contributed by atoms with E-state index in [0.717, 1.165) is 0 Å². The van der Waals surface area contributed by atoms with E-state index >= 15 is 0 Å². The Morgan fingerprint density at radius 1 is 0.846 bits per heavy atom. The smallest absolute Gasteiger partial charge is 0.331 e. The van der Waals surface area contributed by atoms with E-state index in [0.29, 0.717) is 28.4 Å². The highest BCUT2D eigenvalue weighted by Gasteiger charge is 2.09. The molecule has 0 spiro atoms. The lowest BCUT2D eigenvalue weighted by Crippen LogP contribution is -2.12. The molecule has 0 aliphatic carbocycles. The van der Waals surface area contributed by atoms with Crippen LogP contribution in [0.4, 0.5) is 0 Å². The Balaban J connectivity index is 1.93. The monoisotopic (exact) mass is 356 g/mol. The molecule has 0 fully saturated rings. The minimum atomic E-state index is -0.617. The van der Waals surface area contributed by atoms with Gasteiger partial charge < -0.3 is 18.9 Å². The lowest BCUT2D eigenvalue weighted by atomic mass is 10.1. The predicted molar refractivity (Wildman–Crippen MR) is 96.9 cm³/mol. The van der Waals surface area contributed by atoms with Crippen LogP contribution in [0, 0.1) is 0 Å². The molecule has 2 aromatic carbocycles.